The minimum absolute atomic E-state index is 0.0113. The first-order valence-electron chi connectivity index (χ1n) is 7.07. The average Bonchev–Trinajstić information content (AvgIpc) is 2.97. The van der Waals surface area contributed by atoms with Crippen molar-refractivity contribution in [2.75, 3.05) is 18.1 Å². The maximum Gasteiger partial charge on any atom is 0.308 e. The quantitative estimate of drug-likeness (QED) is 0.680. The molecule has 1 aromatic rings. The number of hydrogen-bond donors (Lipinski definition) is 1. The fraction of sp³-hybridized carbons (Fsp3) is 0.615. The van der Waals surface area contributed by atoms with Gasteiger partial charge < -0.3 is 14.6 Å². The van der Waals surface area contributed by atoms with E-state index in [2.05, 4.69) is 5.32 Å². The van der Waals surface area contributed by atoms with Crippen LogP contribution in [0.1, 0.15) is 18.5 Å². The van der Waals surface area contributed by atoms with Crippen LogP contribution in [0.4, 0.5) is 0 Å². The summed E-state index contributed by atoms with van der Waals surface area (Å²) in [5.41, 5.74) is 0.771. The van der Waals surface area contributed by atoms with E-state index in [1.54, 1.807) is 12.3 Å². The maximum atomic E-state index is 11.6. The van der Waals surface area contributed by atoms with Crippen LogP contribution in [-0.4, -0.2) is 49.0 Å². The highest BCUT2D eigenvalue weighted by Crippen LogP contribution is 2.11. The molecule has 1 aliphatic heterocycles. The summed E-state index contributed by atoms with van der Waals surface area (Å²) in [5.74, 6) is -1.12. The van der Waals surface area contributed by atoms with Gasteiger partial charge in [0.1, 0.15) is 0 Å². The third kappa shape index (κ3) is 5.17. The molecule has 2 rings (SSSR count). The second kappa shape index (κ2) is 7.26. The highest BCUT2D eigenvalue weighted by molar-refractivity contribution is 7.91. The van der Waals surface area contributed by atoms with Gasteiger partial charge in [-0.2, -0.15) is 0 Å². The lowest BCUT2D eigenvalue weighted by atomic mass is 10.2. The number of amides is 1. The van der Waals surface area contributed by atoms with Gasteiger partial charge in [0.15, 0.2) is 16.4 Å². The van der Waals surface area contributed by atoms with E-state index in [4.69, 9.17) is 4.74 Å². The molecule has 0 aromatic carbocycles. The second-order valence-electron chi connectivity index (χ2n) is 5.37. The molecule has 23 heavy (non-hydrogen) atoms. The van der Waals surface area contributed by atoms with Gasteiger partial charge in [0, 0.05) is 23.7 Å². The van der Waals surface area contributed by atoms with Gasteiger partial charge in [-0.25, -0.2) is 8.42 Å². The fourth-order valence-corrected chi connectivity index (χ4v) is 4.71. The van der Waals surface area contributed by atoms with E-state index in [-0.39, 0.29) is 29.3 Å². The highest BCUT2D eigenvalue weighted by Gasteiger charge is 2.29. The summed E-state index contributed by atoms with van der Waals surface area (Å²) in [6.45, 7) is 1.52. The Kier molecular flexibility index (Phi) is 5.58. The number of nitrogens with one attached hydrogen (secondary N) is 1. The molecule has 10 heteroatoms. The van der Waals surface area contributed by atoms with Gasteiger partial charge in [-0.15, -0.1) is 0 Å². The van der Waals surface area contributed by atoms with Crippen molar-refractivity contribution in [3.05, 3.63) is 20.7 Å². The first-order chi connectivity index (χ1) is 10.8. The summed E-state index contributed by atoms with van der Waals surface area (Å²) < 4.78 is 28.9. The van der Waals surface area contributed by atoms with Gasteiger partial charge in [0.05, 0.1) is 17.9 Å². The summed E-state index contributed by atoms with van der Waals surface area (Å²) in [5, 5.41) is 4.23. The van der Waals surface area contributed by atoms with Gasteiger partial charge in [-0.05, 0) is 13.3 Å². The molecule has 8 nitrogen and oxygen atoms in total. The van der Waals surface area contributed by atoms with E-state index in [1.807, 2.05) is 0 Å². The third-order valence-electron chi connectivity index (χ3n) is 3.48. The van der Waals surface area contributed by atoms with Crippen LogP contribution in [0, 0.1) is 6.92 Å². The minimum atomic E-state index is -3.07. The van der Waals surface area contributed by atoms with Crippen LogP contribution in [0.3, 0.4) is 0 Å². The van der Waals surface area contributed by atoms with Crippen LogP contribution in [0.15, 0.2) is 10.2 Å². The third-order valence-corrected chi connectivity index (χ3v) is 6.13. The van der Waals surface area contributed by atoms with Crippen LogP contribution >= 0.6 is 11.3 Å². The SMILES string of the molecule is Cc1csc(=O)n1CCC(=O)OCC(=O)N[C@@H]1CCS(=O)(=O)C1. The van der Waals surface area contributed by atoms with Crippen LogP contribution in [0.25, 0.3) is 0 Å². The van der Waals surface area contributed by atoms with Crippen LogP contribution in [0.5, 0.6) is 0 Å². The van der Waals surface area contributed by atoms with Gasteiger partial charge in [-0.3, -0.25) is 14.4 Å². The molecule has 0 spiro atoms. The Bertz CT molecular complexity index is 749. The van der Waals surface area contributed by atoms with Crippen molar-refractivity contribution < 1.29 is 22.7 Å². The molecular formula is C13H18N2O6S2. The Hall–Kier alpha value is -1.68. The van der Waals surface area contributed by atoms with E-state index in [0.29, 0.717) is 6.42 Å². The lowest BCUT2D eigenvalue weighted by Gasteiger charge is -2.11. The molecule has 0 aliphatic carbocycles. The van der Waals surface area contributed by atoms with E-state index in [9.17, 15) is 22.8 Å². The molecule has 1 N–H and O–H groups in total. The predicted octanol–water partition coefficient (Wildman–Crippen LogP) is -0.545. The topological polar surface area (TPSA) is 112 Å². The van der Waals surface area contributed by atoms with Crippen molar-refractivity contribution in [3.63, 3.8) is 0 Å². The van der Waals surface area contributed by atoms with Gasteiger partial charge in [0.2, 0.25) is 0 Å². The molecule has 0 radical (unpaired) electrons. The number of aromatic nitrogens is 1. The predicted molar refractivity (Wildman–Crippen MR) is 84.1 cm³/mol. The largest absolute Gasteiger partial charge is 0.456 e. The highest BCUT2D eigenvalue weighted by atomic mass is 32.2. The molecule has 0 saturated carbocycles. The lowest BCUT2D eigenvalue weighted by Crippen LogP contribution is -2.38. The number of nitrogens with zero attached hydrogens (tertiary/aromatic N) is 1. The van der Waals surface area contributed by atoms with Crippen molar-refractivity contribution in [2.24, 2.45) is 0 Å². The number of thiazole rings is 1. The Labute approximate surface area is 137 Å². The number of esters is 1. The van der Waals surface area contributed by atoms with Crippen molar-refractivity contribution >= 4 is 33.1 Å². The number of rotatable bonds is 6. The Morgan fingerprint density at radius 3 is 2.78 bits per heavy atom. The number of carbonyl (C=O) groups is 2. The summed E-state index contributed by atoms with van der Waals surface area (Å²) in [7, 11) is -3.07. The maximum absolute atomic E-state index is 11.6. The minimum Gasteiger partial charge on any atom is -0.456 e. The van der Waals surface area contributed by atoms with Crippen LogP contribution in [-0.2, 0) is 30.7 Å². The molecule has 1 amide bonds. The molecule has 1 fully saturated rings. The second-order valence-corrected chi connectivity index (χ2v) is 8.42. The normalized spacial score (nSPS) is 19.4. The molecule has 128 valence electrons. The molecule has 1 aliphatic rings. The zero-order valence-corrected chi connectivity index (χ0v) is 14.2. The molecule has 2 heterocycles. The zero-order valence-electron chi connectivity index (χ0n) is 12.6. The summed E-state index contributed by atoms with van der Waals surface area (Å²) in [6, 6.07) is -0.418. The lowest BCUT2D eigenvalue weighted by molar-refractivity contribution is -0.148. The number of hydrogen-bond acceptors (Lipinski definition) is 7. The molecular weight excluding hydrogens is 344 g/mol. The summed E-state index contributed by atoms with van der Waals surface area (Å²) in [6.07, 6.45) is 0.366. The monoisotopic (exact) mass is 362 g/mol. The van der Waals surface area contributed by atoms with E-state index in [1.165, 1.54) is 4.57 Å². The average molecular weight is 362 g/mol. The fourth-order valence-electron chi connectivity index (χ4n) is 2.27. The van der Waals surface area contributed by atoms with E-state index in [0.717, 1.165) is 17.0 Å². The van der Waals surface area contributed by atoms with E-state index >= 15 is 0 Å². The Morgan fingerprint density at radius 2 is 2.22 bits per heavy atom. The summed E-state index contributed by atoms with van der Waals surface area (Å²) in [4.78, 5) is 34.6. The van der Waals surface area contributed by atoms with Gasteiger partial charge in [0.25, 0.3) is 5.91 Å². The zero-order chi connectivity index (χ0) is 17.0. The molecule has 0 bridgehead atoms. The first kappa shape index (κ1) is 17.7. The van der Waals surface area contributed by atoms with E-state index < -0.39 is 34.4 Å². The van der Waals surface area contributed by atoms with Crippen molar-refractivity contribution in [1.29, 1.82) is 0 Å². The molecule has 1 atom stereocenters. The molecule has 1 saturated heterocycles. The Balaban J connectivity index is 1.70. The number of carbonyl (C=O) groups excluding carboxylic acids is 2. The number of aryl methyl sites for hydroxylation is 1. The van der Waals surface area contributed by atoms with Crippen LogP contribution < -0.4 is 10.2 Å². The van der Waals surface area contributed by atoms with Crippen molar-refractivity contribution in [2.45, 2.75) is 32.4 Å². The standard InChI is InChI=1S/C13H18N2O6S2/c1-9-7-22-13(18)15(9)4-2-12(17)21-6-11(16)14-10-3-5-23(19,20)8-10/h7,10H,2-6,8H2,1H3,(H,14,16)/t10-/m1/s1. The summed E-state index contributed by atoms with van der Waals surface area (Å²) >= 11 is 1.06. The number of ether oxygens (including phenoxy) is 1. The first-order valence-corrected chi connectivity index (χ1v) is 9.77. The van der Waals surface area contributed by atoms with Gasteiger partial charge >= 0.3 is 10.8 Å². The smallest absolute Gasteiger partial charge is 0.308 e. The molecule has 1 aromatic heterocycles. The van der Waals surface area contributed by atoms with Gasteiger partial charge in [-0.1, -0.05) is 11.3 Å². The Morgan fingerprint density at radius 1 is 1.48 bits per heavy atom. The molecule has 0 unspecified atom stereocenters. The van der Waals surface area contributed by atoms with Crippen LogP contribution in [0.2, 0.25) is 0 Å². The van der Waals surface area contributed by atoms with Crippen molar-refractivity contribution in [1.82, 2.24) is 9.88 Å². The number of sulfone groups is 1. The van der Waals surface area contributed by atoms with Crippen molar-refractivity contribution in [3.8, 4) is 0 Å².